The average Bonchev–Trinajstić information content (AvgIpc) is 3.22. The van der Waals surface area contributed by atoms with E-state index in [1.165, 1.54) is 23.9 Å². The number of aromatic nitrogens is 3. The third-order valence-corrected chi connectivity index (χ3v) is 6.58. The molecule has 0 saturated carbocycles. The number of nitro benzene ring substituents is 1. The highest BCUT2D eigenvalue weighted by atomic mass is 32.2. The molecule has 4 rings (SSSR count). The predicted octanol–water partition coefficient (Wildman–Crippen LogP) is 5.48. The van der Waals surface area contributed by atoms with E-state index in [0.29, 0.717) is 22.3 Å². The van der Waals surface area contributed by atoms with Crippen LogP contribution in [-0.4, -0.2) is 31.2 Å². The first-order valence-corrected chi connectivity index (χ1v) is 11.9. The molecule has 3 aromatic carbocycles. The number of rotatable bonds is 10. The van der Waals surface area contributed by atoms with Crippen molar-refractivity contribution in [1.82, 2.24) is 14.8 Å². The van der Waals surface area contributed by atoms with Gasteiger partial charge in [-0.25, -0.2) is 0 Å². The largest absolute Gasteiger partial charge is 0.489 e. The van der Waals surface area contributed by atoms with Crippen LogP contribution in [0.2, 0.25) is 0 Å². The lowest BCUT2D eigenvalue weighted by atomic mass is 10.1. The Hall–Kier alpha value is -4.25. The third kappa shape index (κ3) is 6.05. The molecule has 0 fully saturated rings. The van der Waals surface area contributed by atoms with Crippen LogP contribution in [-0.2, 0) is 6.61 Å². The minimum absolute atomic E-state index is 0.000144. The molecule has 0 aliphatic rings. The molecule has 11 heteroatoms. The fourth-order valence-corrected chi connectivity index (χ4v) is 4.84. The maximum atomic E-state index is 11.5. The number of thioether (sulfide) groups is 1. The highest BCUT2D eigenvalue weighted by Gasteiger charge is 2.24. The molecule has 0 N–H and O–H groups in total. The standard InChI is InChI=1S/C25H23N5O5S/c1-17-5-3-7-21(13-17)29-18(2)26-27-25(29)36-24(15-28(31)32)20-9-11-23(12-10-20)35-16-19-6-4-8-22(14-19)30(33)34/h3-14,24H,15-16H2,1-2H3/t24-/m0/s1. The third-order valence-electron chi connectivity index (χ3n) is 5.40. The van der Waals surface area contributed by atoms with E-state index < -0.39 is 10.2 Å². The number of ether oxygens (including phenoxy) is 1. The van der Waals surface area contributed by atoms with Crippen molar-refractivity contribution in [3.63, 3.8) is 0 Å². The lowest BCUT2D eigenvalue weighted by Gasteiger charge is -2.15. The van der Waals surface area contributed by atoms with E-state index in [1.54, 1.807) is 36.4 Å². The first kappa shape index (κ1) is 24.9. The molecule has 1 heterocycles. The van der Waals surface area contributed by atoms with Crippen molar-refractivity contribution in [2.45, 2.75) is 30.9 Å². The first-order valence-electron chi connectivity index (χ1n) is 11.0. The van der Waals surface area contributed by atoms with E-state index in [-0.39, 0.29) is 23.8 Å². The van der Waals surface area contributed by atoms with Gasteiger partial charge in [-0.3, -0.25) is 24.8 Å². The summed E-state index contributed by atoms with van der Waals surface area (Å²) in [5.41, 5.74) is 3.39. The smallest absolute Gasteiger partial charge is 0.269 e. The molecule has 0 aliphatic carbocycles. The maximum absolute atomic E-state index is 11.5. The molecule has 0 aliphatic heterocycles. The molecule has 0 spiro atoms. The van der Waals surface area contributed by atoms with Gasteiger partial charge in [0.2, 0.25) is 6.54 Å². The molecule has 0 unspecified atom stereocenters. The van der Waals surface area contributed by atoms with E-state index in [1.807, 2.05) is 42.7 Å². The quantitative estimate of drug-likeness (QED) is 0.157. The molecule has 0 radical (unpaired) electrons. The highest BCUT2D eigenvalue weighted by Crippen LogP contribution is 2.36. The Bertz CT molecular complexity index is 1390. The lowest BCUT2D eigenvalue weighted by Crippen LogP contribution is -2.11. The van der Waals surface area contributed by atoms with Crippen LogP contribution in [0.4, 0.5) is 5.69 Å². The summed E-state index contributed by atoms with van der Waals surface area (Å²) >= 11 is 1.28. The number of aryl methyl sites for hydroxylation is 2. The van der Waals surface area contributed by atoms with Crippen molar-refractivity contribution < 1.29 is 14.6 Å². The van der Waals surface area contributed by atoms with E-state index in [2.05, 4.69) is 10.2 Å². The van der Waals surface area contributed by atoms with Crippen LogP contribution < -0.4 is 4.74 Å². The number of hydrogen-bond acceptors (Lipinski definition) is 8. The molecule has 184 valence electrons. The Balaban J connectivity index is 1.52. The molecule has 0 bridgehead atoms. The molecule has 36 heavy (non-hydrogen) atoms. The minimum atomic E-state index is -0.502. The van der Waals surface area contributed by atoms with Gasteiger partial charge in [-0.2, -0.15) is 0 Å². The second-order valence-electron chi connectivity index (χ2n) is 8.11. The number of non-ortho nitro benzene ring substituents is 1. The summed E-state index contributed by atoms with van der Waals surface area (Å²) in [4.78, 5) is 21.6. The predicted molar refractivity (Wildman–Crippen MR) is 135 cm³/mol. The van der Waals surface area contributed by atoms with Crippen molar-refractivity contribution in [1.29, 1.82) is 0 Å². The monoisotopic (exact) mass is 505 g/mol. The number of hydrogen-bond donors (Lipinski definition) is 0. The van der Waals surface area contributed by atoms with Gasteiger partial charge in [0.15, 0.2) is 5.16 Å². The van der Waals surface area contributed by atoms with Crippen LogP contribution in [0.3, 0.4) is 0 Å². The molecular formula is C25H23N5O5S. The second kappa shape index (κ2) is 11.0. The highest BCUT2D eigenvalue weighted by molar-refractivity contribution is 7.99. The molecular weight excluding hydrogens is 482 g/mol. The van der Waals surface area contributed by atoms with Gasteiger partial charge in [0.25, 0.3) is 5.69 Å². The summed E-state index contributed by atoms with van der Waals surface area (Å²) in [7, 11) is 0. The minimum Gasteiger partial charge on any atom is -0.489 e. The summed E-state index contributed by atoms with van der Waals surface area (Å²) in [5.74, 6) is 1.24. The summed E-state index contributed by atoms with van der Waals surface area (Å²) in [6.45, 7) is 3.70. The number of benzene rings is 3. The topological polar surface area (TPSA) is 126 Å². The van der Waals surface area contributed by atoms with Crippen molar-refractivity contribution >= 4 is 17.4 Å². The van der Waals surface area contributed by atoms with Gasteiger partial charge in [0.1, 0.15) is 23.4 Å². The number of nitro groups is 2. The summed E-state index contributed by atoms with van der Waals surface area (Å²) in [5, 5.41) is 30.9. The molecule has 10 nitrogen and oxygen atoms in total. The van der Waals surface area contributed by atoms with Gasteiger partial charge in [0.05, 0.1) is 4.92 Å². The normalized spacial score (nSPS) is 11.7. The lowest BCUT2D eigenvalue weighted by molar-refractivity contribution is -0.479. The van der Waals surface area contributed by atoms with Crippen LogP contribution in [0.5, 0.6) is 5.75 Å². The van der Waals surface area contributed by atoms with Crippen LogP contribution in [0, 0.1) is 34.1 Å². The molecule has 0 saturated heterocycles. The summed E-state index contributed by atoms with van der Waals surface area (Å²) in [6.07, 6.45) is 0. The van der Waals surface area contributed by atoms with Crippen molar-refractivity contribution in [2.75, 3.05) is 6.54 Å². The summed E-state index contributed by atoms with van der Waals surface area (Å²) < 4.78 is 7.65. The zero-order chi connectivity index (χ0) is 25.7. The van der Waals surface area contributed by atoms with Gasteiger partial charge in [-0.1, -0.05) is 48.2 Å². The van der Waals surface area contributed by atoms with Gasteiger partial charge >= 0.3 is 0 Å². The Morgan fingerprint density at radius 2 is 1.72 bits per heavy atom. The van der Waals surface area contributed by atoms with Crippen LogP contribution in [0.15, 0.2) is 78.0 Å². The maximum Gasteiger partial charge on any atom is 0.269 e. The van der Waals surface area contributed by atoms with Gasteiger partial charge in [-0.15, -0.1) is 10.2 Å². The summed E-state index contributed by atoms with van der Waals surface area (Å²) in [6, 6.07) is 21.2. The zero-order valence-corrected chi connectivity index (χ0v) is 20.4. The fourth-order valence-electron chi connectivity index (χ4n) is 3.66. The molecule has 1 atom stereocenters. The van der Waals surface area contributed by atoms with E-state index >= 15 is 0 Å². The molecule has 1 aromatic heterocycles. The SMILES string of the molecule is Cc1cccc(-n2c(C)nnc2S[C@@H](C[N+](=O)[O-])c2ccc(OCc3cccc([N+](=O)[O-])c3)cc2)c1. The van der Waals surface area contributed by atoms with Crippen LogP contribution in [0.25, 0.3) is 5.69 Å². The van der Waals surface area contributed by atoms with Gasteiger partial charge in [-0.05, 0) is 54.8 Å². The van der Waals surface area contributed by atoms with Crippen molar-refractivity contribution in [3.8, 4) is 11.4 Å². The fraction of sp³-hybridized carbons (Fsp3) is 0.200. The average molecular weight is 506 g/mol. The van der Waals surface area contributed by atoms with Crippen molar-refractivity contribution in [3.05, 3.63) is 116 Å². The second-order valence-corrected chi connectivity index (χ2v) is 9.28. The van der Waals surface area contributed by atoms with Gasteiger partial charge < -0.3 is 4.74 Å². The van der Waals surface area contributed by atoms with Crippen LogP contribution in [0.1, 0.15) is 27.8 Å². The van der Waals surface area contributed by atoms with Crippen molar-refractivity contribution in [2.24, 2.45) is 0 Å². The number of nitrogens with zero attached hydrogens (tertiary/aromatic N) is 5. The Morgan fingerprint density at radius 3 is 2.42 bits per heavy atom. The Labute approximate surface area is 211 Å². The van der Waals surface area contributed by atoms with E-state index in [9.17, 15) is 20.2 Å². The van der Waals surface area contributed by atoms with Crippen LogP contribution >= 0.6 is 11.8 Å². The Morgan fingerprint density at radius 1 is 0.972 bits per heavy atom. The zero-order valence-electron chi connectivity index (χ0n) is 19.6. The first-order chi connectivity index (χ1) is 17.3. The van der Waals surface area contributed by atoms with E-state index in [0.717, 1.165) is 16.8 Å². The molecule has 4 aromatic rings. The molecule has 0 amide bonds. The van der Waals surface area contributed by atoms with E-state index in [4.69, 9.17) is 4.74 Å². The Kier molecular flexibility index (Phi) is 7.59. The van der Waals surface area contributed by atoms with Gasteiger partial charge in [0, 0.05) is 22.7 Å².